The van der Waals surface area contributed by atoms with E-state index in [1.54, 1.807) is 14.2 Å². The van der Waals surface area contributed by atoms with Gasteiger partial charge in [0.2, 0.25) is 0 Å². The van der Waals surface area contributed by atoms with Gasteiger partial charge in [0.1, 0.15) is 0 Å². The average molecular weight is 290 g/mol. The molecule has 0 bridgehead atoms. The maximum atomic E-state index is 5.87. The fourth-order valence-corrected chi connectivity index (χ4v) is 2.16. The molecule has 2 aromatic rings. The number of halogens is 1. The highest BCUT2D eigenvalue weighted by molar-refractivity contribution is 6.30. The minimum Gasteiger partial charge on any atom is -0.493 e. The quantitative estimate of drug-likeness (QED) is 0.787. The largest absolute Gasteiger partial charge is 0.493 e. The summed E-state index contributed by atoms with van der Waals surface area (Å²) < 4.78 is 10.5. The molecule has 2 nitrogen and oxygen atoms in total. The van der Waals surface area contributed by atoms with Crippen molar-refractivity contribution < 1.29 is 9.47 Å². The van der Waals surface area contributed by atoms with Gasteiger partial charge in [-0.2, -0.15) is 0 Å². The zero-order valence-electron chi connectivity index (χ0n) is 11.7. The maximum absolute atomic E-state index is 5.87. The molecule has 3 heteroatoms. The summed E-state index contributed by atoms with van der Waals surface area (Å²) in [6.45, 7) is 0. The van der Waals surface area contributed by atoms with Gasteiger partial charge >= 0.3 is 0 Å². The molecule has 2 rings (SSSR count). The number of hydrogen-bond donors (Lipinski definition) is 0. The van der Waals surface area contributed by atoms with Gasteiger partial charge in [-0.25, -0.2) is 0 Å². The minimum absolute atomic E-state index is 0.758. The highest BCUT2D eigenvalue weighted by Gasteiger charge is 2.04. The summed E-state index contributed by atoms with van der Waals surface area (Å²) in [6.07, 6.45) is 4.05. The number of ether oxygens (including phenoxy) is 2. The van der Waals surface area contributed by atoms with E-state index < -0.39 is 0 Å². The molecule has 0 unspecified atom stereocenters. The van der Waals surface area contributed by atoms with Crippen molar-refractivity contribution >= 4 is 11.6 Å². The Morgan fingerprint density at radius 3 is 2.10 bits per heavy atom. The van der Waals surface area contributed by atoms with E-state index in [0.29, 0.717) is 0 Å². The number of rotatable bonds is 6. The molecule has 0 aliphatic rings. The van der Waals surface area contributed by atoms with Gasteiger partial charge < -0.3 is 9.47 Å². The van der Waals surface area contributed by atoms with Crippen LogP contribution in [-0.4, -0.2) is 14.2 Å². The second-order valence-corrected chi connectivity index (χ2v) is 4.95. The van der Waals surface area contributed by atoms with E-state index in [1.807, 2.05) is 36.4 Å². The summed E-state index contributed by atoms with van der Waals surface area (Å²) in [7, 11) is 3.29. The van der Waals surface area contributed by atoms with Gasteiger partial charge in [0.15, 0.2) is 11.5 Å². The van der Waals surface area contributed by atoms with E-state index in [0.717, 1.165) is 29.4 Å². The van der Waals surface area contributed by atoms with Crippen molar-refractivity contribution in [2.24, 2.45) is 0 Å². The van der Waals surface area contributed by atoms with Crippen LogP contribution in [0.3, 0.4) is 0 Å². The van der Waals surface area contributed by atoms with Gasteiger partial charge in [0.05, 0.1) is 14.2 Å². The lowest BCUT2D eigenvalue weighted by Gasteiger charge is -2.09. The van der Waals surface area contributed by atoms with Crippen molar-refractivity contribution in [1.29, 1.82) is 0 Å². The van der Waals surface area contributed by atoms with Crippen molar-refractivity contribution in [3.63, 3.8) is 0 Å². The second-order valence-electron chi connectivity index (χ2n) is 4.51. The van der Waals surface area contributed by atoms with Crippen LogP contribution < -0.4 is 9.47 Å². The van der Waals surface area contributed by atoms with E-state index in [1.165, 1.54) is 11.1 Å². The summed E-state index contributed by atoms with van der Waals surface area (Å²) in [6, 6.07) is 13.9. The molecule has 105 valence electrons. The molecule has 1 radical (unpaired) electrons. The molecule has 0 aromatic heterocycles. The highest BCUT2D eigenvalue weighted by Crippen LogP contribution is 2.28. The van der Waals surface area contributed by atoms with E-state index >= 15 is 0 Å². The standard InChI is InChI=1S/C17H18ClO2/c1-19-16-11-8-14(12-17(16)20-2)5-3-4-13-6-9-15(18)10-7-13/h3,6-12H,4-5H2,1-2H3. The number of benzene rings is 2. The predicted octanol–water partition coefficient (Wildman–Crippen LogP) is 4.35. The van der Waals surface area contributed by atoms with Crippen LogP contribution in [0.15, 0.2) is 42.5 Å². The Bertz CT molecular complexity index is 549. The van der Waals surface area contributed by atoms with Gasteiger partial charge in [-0.15, -0.1) is 0 Å². The molecule has 0 aliphatic carbocycles. The molecule has 0 fully saturated rings. The van der Waals surface area contributed by atoms with Crippen LogP contribution in [0.2, 0.25) is 5.02 Å². The summed E-state index contributed by atoms with van der Waals surface area (Å²) in [4.78, 5) is 0. The molecule has 0 aliphatic heterocycles. The zero-order chi connectivity index (χ0) is 14.4. The van der Waals surface area contributed by atoms with Crippen LogP contribution >= 0.6 is 11.6 Å². The van der Waals surface area contributed by atoms with E-state index in [9.17, 15) is 0 Å². The lowest BCUT2D eigenvalue weighted by molar-refractivity contribution is 0.354. The lowest BCUT2D eigenvalue weighted by atomic mass is 10.0. The molecule has 2 aromatic carbocycles. The van der Waals surface area contributed by atoms with Gasteiger partial charge in [-0.3, -0.25) is 0 Å². The Morgan fingerprint density at radius 2 is 1.45 bits per heavy atom. The Balaban J connectivity index is 1.92. The van der Waals surface area contributed by atoms with Crippen LogP contribution in [0.4, 0.5) is 0 Å². The van der Waals surface area contributed by atoms with Gasteiger partial charge in [-0.1, -0.05) is 29.8 Å². The molecule has 0 spiro atoms. The molecule has 0 saturated heterocycles. The van der Waals surface area contributed by atoms with E-state index in [-0.39, 0.29) is 0 Å². The van der Waals surface area contributed by atoms with Crippen molar-refractivity contribution in [2.75, 3.05) is 14.2 Å². The van der Waals surface area contributed by atoms with E-state index in [4.69, 9.17) is 21.1 Å². The predicted molar refractivity (Wildman–Crippen MR) is 82.7 cm³/mol. The van der Waals surface area contributed by atoms with Crippen molar-refractivity contribution in [3.8, 4) is 11.5 Å². The minimum atomic E-state index is 0.758. The van der Waals surface area contributed by atoms with Crippen LogP contribution in [-0.2, 0) is 12.8 Å². The van der Waals surface area contributed by atoms with Gasteiger partial charge in [0.25, 0.3) is 0 Å². The van der Waals surface area contributed by atoms with Crippen LogP contribution in [0, 0.1) is 6.42 Å². The first kappa shape index (κ1) is 14.7. The Kier molecular flexibility index (Phi) is 5.31. The third kappa shape index (κ3) is 3.91. The molecule has 0 heterocycles. The first-order valence-corrected chi connectivity index (χ1v) is 6.87. The van der Waals surface area contributed by atoms with Gasteiger partial charge in [0, 0.05) is 5.02 Å². The summed E-state index contributed by atoms with van der Waals surface area (Å²) >= 11 is 5.87. The van der Waals surface area contributed by atoms with Crippen molar-refractivity contribution in [3.05, 3.63) is 65.0 Å². The third-order valence-corrected chi connectivity index (χ3v) is 3.37. The lowest BCUT2D eigenvalue weighted by Crippen LogP contribution is -1.94. The Labute approximate surface area is 125 Å². The topological polar surface area (TPSA) is 18.5 Å². The summed E-state index contributed by atoms with van der Waals surface area (Å²) in [5.74, 6) is 1.53. The zero-order valence-corrected chi connectivity index (χ0v) is 12.5. The van der Waals surface area contributed by atoms with Crippen LogP contribution in [0.5, 0.6) is 11.5 Å². The molecular weight excluding hydrogens is 272 g/mol. The van der Waals surface area contributed by atoms with Crippen molar-refractivity contribution in [2.45, 2.75) is 12.8 Å². The van der Waals surface area contributed by atoms with Crippen LogP contribution in [0.1, 0.15) is 11.1 Å². The third-order valence-electron chi connectivity index (χ3n) is 3.12. The average Bonchev–Trinajstić information content (AvgIpc) is 2.49. The normalized spacial score (nSPS) is 10.3. The Hall–Kier alpha value is -1.67. The molecule has 20 heavy (non-hydrogen) atoms. The molecule has 0 amide bonds. The monoisotopic (exact) mass is 289 g/mol. The summed E-state index contributed by atoms with van der Waals surface area (Å²) in [5, 5.41) is 0.772. The molecular formula is C17H18ClO2. The van der Waals surface area contributed by atoms with Crippen molar-refractivity contribution in [1.82, 2.24) is 0 Å². The maximum Gasteiger partial charge on any atom is 0.160 e. The van der Waals surface area contributed by atoms with Crippen LogP contribution in [0.25, 0.3) is 0 Å². The summed E-state index contributed by atoms with van der Waals surface area (Å²) in [5.41, 5.74) is 2.46. The Morgan fingerprint density at radius 1 is 0.850 bits per heavy atom. The molecule has 0 saturated carbocycles. The number of hydrogen-bond acceptors (Lipinski definition) is 2. The second kappa shape index (κ2) is 7.20. The van der Waals surface area contributed by atoms with Gasteiger partial charge in [-0.05, 0) is 54.7 Å². The molecule has 0 N–H and O–H groups in total. The number of methoxy groups -OCH3 is 2. The van der Waals surface area contributed by atoms with E-state index in [2.05, 4.69) is 12.5 Å². The first-order chi connectivity index (χ1) is 9.72. The fourth-order valence-electron chi connectivity index (χ4n) is 2.03. The SMILES string of the molecule is COc1ccc(C[CH]Cc2ccc(Cl)cc2)cc1OC. The molecule has 0 atom stereocenters. The fraction of sp³-hybridized carbons (Fsp3) is 0.235. The smallest absolute Gasteiger partial charge is 0.160 e. The highest BCUT2D eigenvalue weighted by atomic mass is 35.5. The first-order valence-electron chi connectivity index (χ1n) is 6.50.